The first kappa shape index (κ1) is 19.4. The average Bonchev–Trinajstić information content (AvgIpc) is 3.01. The molecule has 0 aliphatic rings. The van der Waals surface area contributed by atoms with E-state index in [4.69, 9.17) is 4.74 Å². The zero-order valence-electron chi connectivity index (χ0n) is 16.4. The Morgan fingerprint density at radius 3 is 2.39 bits per heavy atom. The average molecular weight is 377 g/mol. The normalized spacial score (nSPS) is 10.6. The number of imidazole rings is 1. The van der Waals surface area contributed by atoms with E-state index in [1.165, 1.54) is 0 Å². The molecule has 0 fully saturated rings. The van der Waals surface area contributed by atoms with E-state index in [0.717, 1.165) is 39.6 Å². The lowest BCUT2D eigenvalue weighted by molar-refractivity contribution is -0.119. The van der Waals surface area contributed by atoms with Crippen LogP contribution in [0.4, 0.5) is 5.69 Å². The van der Waals surface area contributed by atoms with Gasteiger partial charge in [-0.15, -0.1) is 0 Å². The van der Waals surface area contributed by atoms with Crippen LogP contribution in [0.2, 0.25) is 0 Å². The molecule has 144 valence electrons. The van der Waals surface area contributed by atoms with Crippen molar-refractivity contribution < 1.29 is 14.3 Å². The molecule has 28 heavy (non-hydrogen) atoms. The molecule has 0 spiro atoms. The van der Waals surface area contributed by atoms with Crippen LogP contribution in [0.1, 0.15) is 32.9 Å². The number of ether oxygens (including phenoxy) is 1. The number of rotatable bonds is 5. The molecule has 0 unspecified atom stereocenters. The van der Waals surface area contributed by atoms with Crippen LogP contribution in [-0.2, 0) is 9.53 Å². The number of nitrogens with zero attached hydrogens (tertiary/aromatic N) is 1. The summed E-state index contributed by atoms with van der Waals surface area (Å²) in [6.45, 7) is 7.41. The standard InChI is InChI=1S/C22H23N3O3/c1-13-5-6-14(2)19(11-13)25-20(26)12-28-22(27)18-9-7-17(8-10-18)21-23-15(3)16(4)24-21/h5-11H,12H2,1-4H3,(H,23,24)(H,25,26). The van der Waals surface area contributed by atoms with Gasteiger partial charge < -0.3 is 15.0 Å². The molecule has 0 aliphatic carbocycles. The van der Waals surface area contributed by atoms with Gasteiger partial charge in [0.1, 0.15) is 5.82 Å². The van der Waals surface area contributed by atoms with Crippen molar-refractivity contribution in [2.75, 3.05) is 11.9 Å². The smallest absolute Gasteiger partial charge is 0.338 e. The van der Waals surface area contributed by atoms with E-state index in [1.807, 2.05) is 45.9 Å². The van der Waals surface area contributed by atoms with Crippen LogP contribution in [0.15, 0.2) is 42.5 Å². The van der Waals surface area contributed by atoms with Gasteiger partial charge in [-0.3, -0.25) is 4.79 Å². The summed E-state index contributed by atoms with van der Waals surface area (Å²) in [6, 6.07) is 12.7. The zero-order chi connectivity index (χ0) is 20.3. The summed E-state index contributed by atoms with van der Waals surface area (Å²) in [5.41, 5.74) is 5.91. The van der Waals surface area contributed by atoms with Gasteiger partial charge in [-0.25, -0.2) is 9.78 Å². The van der Waals surface area contributed by atoms with Gasteiger partial charge >= 0.3 is 5.97 Å². The van der Waals surface area contributed by atoms with Crippen LogP contribution in [-0.4, -0.2) is 28.5 Å². The number of aryl methyl sites for hydroxylation is 4. The Bertz CT molecular complexity index is 1000. The molecule has 1 amide bonds. The van der Waals surface area contributed by atoms with E-state index in [2.05, 4.69) is 15.3 Å². The van der Waals surface area contributed by atoms with Crippen molar-refractivity contribution >= 4 is 17.6 Å². The maximum Gasteiger partial charge on any atom is 0.338 e. The predicted molar refractivity (Wildman–Crippen MR) is 108 cm³/mol. The fraction of sp³-hybridized carbons (Fsp3) is 0.227. The quantitative estimate of drug-likeness (QED) is 0.656. The Labute approximate surface area is 164 Å². The minimum atomic E-state index is -0.547. The van der Waals surface area contributed by atoms with E-state index in [9.17, 15) is 9.59 Å². The summed E-state index contributed by atoms with van der Waals surface area (Å²) in [5.74, 6) is -0.169. The molecule has 3 aromatic rings. The fourth-order valence-corrected chi connectivity index (χ4v) is 2.72. The lowest BCUT2D eigenvalue weighted by atomic mass is 10.1. The second kappa shape index (κ2) is 8.08. The van der Waals surface area contributed by atoms with Crippen LogP contribution in [0, 0.1) is 27.7 Å². The maximum absolute atomic E-state index is 12.2. The Kier molecular flexibility index (Phi) is 5.59. The predicted octanol–water partition coefficient (Wildman–Crippen LogP) is 4.11. The van der Waals surface area contributed by atoms with Crippen molar-refractivity contribution in [3.63, 3.8) is 0 Å². The number of amides is 1. The van der Waals surface area contributed by atoms with Crippen molar-refractivity contribution in [3.8, 4) is 11.4 Å². The van der Waals surface area contributed by atoms with E-state index in [1.54, 1.807) is 24.3 Å². The Balaban J connectivity index is 1.58. The molecule has 2 N–H and O–H groups in total. The van der Waals surface area contributed by atoms with Crippen molar-refractivity contribution in [1.82, 2.24) is 9.97 Å². The number of benzene rings is 2. The van der Waals surface area contributed by atoms with Gasteiger partial charge in [-0.2, -0.15) is 0 Å². The zero-order valence-corrected chi connectivity index (χ0v) is 16.4. The maximum atomic E-state index is 12.2. The topological polar surface area (TPSA) is 84.1 Å². The Hall–Kier alpha value is -3.41. The third-order valence-corrected chi connectivity index (χ3v) is 4.52. The molecular weight excluding hydrogens is 354 g/mol. The van der Waals surface area contributed by atoms with Gasteiger partial charge in [-0.05, 0) is 57.0 Å². The fourth-order valence-electron chi connectivity index (χ4n) is 2.72. The largest absolute Gasteiger partial charge is 0.452 e. The number of hydrogen-bond acceptors (Lipinski definition) is 4. The lowest BCUT2D eigenvalue weighted by Gasteiger charge is -2.10. The molecule has 3 rings (SSSR count). The van der Waals surface area contributed by atoms with Crippen LogP contribution in [0.3, 0.4) is 0 Å². The van der Waals surface area contributed by atoms with E-state index >= 15 is 0 Å². The van der Waals surface area contributed by atoms with E-state index in [-0.39, 0.29) is 12.5 Å². The molecule has 2 aromatic carbocycles. The number of nitrogens with one attached hydrogen (secondary N) is 2. The number of anilines is 1. The summed E-state index contributed by atoms with van der Waals surface area (Å²) in [7, 11) is 0. The number of aromatic nitrogens is 2. The lowest BCUT2D eigenvalue weighted by Crippen LogP contribution is -2.21. The number of H-pyrrole nitrogens is 1. The minimum Gasteiger partial charge on any atom is -0.452 e. The summed E-state index contributed by atoms with van der Waals surface area (Å²) in [6.07, 6.45) is 0. The summed E-state index contributed by atoms with van der Waals surface area (Å²) < 4.78 is 5.13. The molecule has 6 nitrogen and oxygen atoms in total. The molecule has 1 heterocycles. The van der Waals surface area contributed by atoms with Gasteiger partial charge in [0.05, 0.1) is 11.3 Å². The highest BCUT2D eigenvalue weighted by Gasteiger charge is 2.12. The molecule has 0 aliphatic heterocycles. The molecule has 0 bridgehead atoms. The number of esters is 1. The minimum absolute atomic E-state index is 0.343. The van der Waals surface area contributed by atoms with Crippen LogP contribution in [0.5, 0.6) is 0 Å². The van der Waals surface area contributed by atoms with Crippen molar-refractivity contribution in [2.24, 2.45) is 0 Å². The number of carbonyl (C=O) groups excluding carboxylic acids is 2. The number of hydrogen-bond donors (Lipinski definition) is 2. The molecule has 0 atom stereocenters. The SMILES string of the molecule is Cc1ccc(C)c(NC(=O)COC(=O)c2ccc(-c3nc(C)c(C)[nH]3)cc2)c1. The first-order chi connectivity index (χ1) is 13.3. The van der Waals surface area contributed by atoms with Gasteiger partial charge in [0.25, 0.3) is 5.91 Å². The summed E-state index contributed by atoms with van der Waals surface area (Å²) in [5, 5.41) is 2.77. The van der Waals surface area contributed by atoms with Crippen molar-refractivity contribution in [1.29, 1.82) is 0 Å². The molecular formula is C22H23N3O3. The van der Waals surface area contributed by atoms with Crippen molar-refractivity contribution in [2.45, 2.75) is 27.7 Å². The van der Waals surface area contributed by atoms with Gasteiger partial charge in [-0.1, -0.05) is 24.3 Å². The molecule has 1 aromatic heterocycles. The second-order valence-electron chi connectivity index (χ2n) is 6.82. The highest BCUT2D eigenvalue weighted by molar-refractivity contribution is 5.96. The molecule has 0 saturated heterocycles. The van der Waals surface area contributed by atoms with Gasteiger partial charge in [0, 0.05) is 16.9 Å². The Morgan fingerprint density at radius 1 is 1.04 bits per heavy atom. The van der Waals surface area contributed by atoms with Crippen LogP contribution < -0.4 is 5.32 Å². The monoisotopic (exact) mass is 377 g/mol. The molecule has 0 radical (unpaired) electrons. The first-order valence-corrected chi connectivity index (χ1v) is 9.01. The van der Waals surface area contributed by atoms with Crippen LogP contribution >= 0.6 is 0 Å². The van der Waals surface area contributed by atoms with Gasteiger partial charge in [0.2, 0.25) is 0 Å². The number of carbonyl (C=O) groups is 2. The summed E-state index contributed by atoms with van der Waals surface area (Å²) in [4.78, 5) is 31.9. The van der Waals surface area contributed by atoms with E-state index in [0.29, 0.717) is 5.56 Å². The van der Waals surface area contributed by atoms with Crippen LogP contribution in [0.25, 0.3) is 11.4 Å². The Morgan fingerprint density at radius 2 is 1.75 bits per heavy atom. The summed E-state index contributed by atoms with van der Waals surface area (Å²) >= 11 is 0. The highest BCUT2D eigenvalue weighted by atomic mass is 16.5. The second-order valence-corrected chi connectivity index (χ2v) is 6.82. The molecule has 6 heteroatoms. The van der Waals surface area contributed by atoms with Crippen molar-refractivity contribution in [3.05, 3.63) is 70.5 Å². The van der Waals surface area contributed by atoms with Gasteiger partial charge in [0.15, 0.2) is 6.61 Å². The third-order valence-electron chi connectivity index (χ3n) is 4.52. The first-order valence-electron chi connectivity index (χ1n) is 9.01. The third kappa shape index (κ3) is 4.46. The molecule has 0 saturated carbocycles. The van der Waals surface area contributed by atoms with E-state index < -0.39 is 5.97 Å². The highest BCUT2D eigenvalue weighted by Crippen LogP contribution is 2.19. The number of aromatic amines is 1.